The van der Waals surface area contributed by atoms with Crippen LogP contribution in [0.25, 0.3) is 0 Å². The van der Waals surface area contributed by atoms with Crippen LogP contribution in [0.3, 0.4) is 0 Å². The van der Waals surface area contributed by atoms with Crippen molar-refractivity contribution in [1.29, 1.82) is 0 Å². The molecule has 0 saturated carbocycles. The van der Waals surface area contributed by atoms with E-state index in [0.717, 1.165) is 37.9 Å². The normalized spacial score (nSPS) is 19.2. The summed E-state index contributed by atoms with van der Waals surface area (Å²) < 4.78 is 14.3. The third kappa shape index (κ3) is 3.27. The van der Waals surface area contributed by atoms with Crippen molar-refractivity contribution in [3.8, 4) is 0 Å². The van der Waals surface area contributed by atoms with Crippen LogP contribution in [0.1, 0.15) is 30.1 Å². The average Bonchev–Trinajstić information content (AvgIpc) is 2.40. The van der Waals surface area contributed by atoms with Gasteiger partial charge in [-0.15, -0.1) is 0 Å². The van der Waals surface area contributed by atoms with Crippen LogP contribution < -0.4 is 11.1 Å². The van der Waals surface area contributed by atoms with Crippen LogP contribution in [-0.4, -0.2) is 19.6 Å². The Kier molecular flexibility index (Phi) is 4.51. The number of halogens is 1. The smallest absolute Gasteiger partial charge is 0.128 e. The Morgan fingerprint density at radius 3 is 2.47 bits per heavy atom. The molecule has 1 atom stereocenters. The van der Waals surface area contributed by atoms with Crippen molar-refractivity contribution >= 4 is 0 Å². The molecule has 1 aliphatic rings. The largest absolute Gasteiger partial charge is 0.330 e. The number of nitrogens with one attached hydrogen (secondary N) is 1. The zero-order valence-corrected chi connectivity index (χ0v) is 10.2. The molecule has 0 radical (unpaired) electrons. The predicted molar refractivity (Wildman–Crippen MR) is 68.6 cm³/mol. The Morgan fingerprint density at radius 2 is 1.88 bits per heavy atom. The monoisotopic (exact) mass is 236 g/mol. The second kappa shape index (κ2) is 6.12. The first-order valence-electron chi connectivity index (χ1n) is 6.45. The van der Waals surface area contributed by atoms with Crippen molar-refractivity contribution in [2.75, 3.05) is 19.6 Å². The summed E-state index contributed by atoms with van der Waals surface area (Å²) in [6, 6.07) is 7.82. The highest BCUT2D eigenvalue weighted by atomic mass is 19.1. The molecule has 2 nitrogen and oxygen atoms in total. The average molecular weight is 236 g/mol. The van der Waals surface area contributed by atoms with E-state index in [2.05, 4.69) is 5.32 Å². The third-order valence-electron chi connectivity index (χ3n) is 3.53. The van der Waals surface area contributed by atoms with E-state index in [1.165, 1.54) is 5.56 Å². The first kappa shape index (κ1) is 12.5. The number of piperidine rings is 1. The van der Waals surface area contributed by atoms with Crippen LogP contribution in [0, 0.1) is 5.92 Å². The van der Waals surface area contributed by atoms with E-state index in [4.69, 9.17) is 5.73 Å². The Labute approximate surface area is 102 Å². The minimum atomic E-state index is -0.816. The van der Waals surface area contributed by atoms with E-state index >= 15 is 0 Å². The van der Waals surface area contributed by atoms with Gasteiger partial charge in [0.15, 0.2) is 0 Å². The number of alkyl halides is 1. The molecule has 94 valence electrons. The first-order valence-corrected chi connectivity index (χ1v) is 6.45. The lowest BCUT2D eigenvalue weighted by molar-refractivity contribution is 0.190. The number of benzene rings is 1. The highest BCUT2D eigenvalue weighted by Gasteiger charge is 2.24. The molecule has 0 aromatic heterocycles. The molecule has 3 heteroatoms. The van der Waals surface area contributed by atoms with Crippen LogP contribution in [0.2, 0.25) is 0 Å². The van der Waals surface area contributed by atoms with E-state index < -0.39 is 6.17 Å². The number of rotatable bonds is 4. The molecule has 0 spiro atoms. The molecule has 0 aliphatic carbocycles. The third-order valence-corrected chi connectivity index (χ3v) is 3.53. The second-order valence-electron chi connectivity index (χ2n) is 4.77. The van der Waals surface area contributed by atoms with Crippen LogP contribution in [0.15, 0.2) is 24.3 Å². The summed E-state index contributed by atoms with van der Waals surface area (Å²) in [5.41, 5.74) is 7.50. The van der Waals surface area contributed by atoms with Gasteiger partial charge in [-0.3, -0.25) is 0 Å². The summed E-state index contributed by atoms with van der Waals surface area (Å²) >= 11 is 0. The fourth-order valence-corrected chi connectivity index (χ4v) is 2.44. The summed E-state index contributed by atoms with van der Waals surface area (Å²) in [5, 5.41) is 3.27. The van der Waals surface area contributed by atoms with Crippen molar-refractivity contribution < 1.29 is 4.39 Å². The van der Waals surface area contributed by atoms with E-state index in [0.29, 0.717) is 6.54 Å². The molecule has 1 heterocycles. The predicted octanol–water partition coefficient (Wildman–Crippen LogP) is 2.20. The molecule has 1 saturated heterocycles. The lowest BCUT2D eigenvalue weighted by atomic mass is 9.89. The zero-order chi connectivity index (χ0) is 12.1. The zero-order valence-electron chi connectivity index (χ0n) is 10.2. The molecule has 0 bridgehead atoms. The fraction of sp³-hybridized carbons (Fsp3) is 0.571. The Morgan fingerprint density at radius 1 is 1.24 bits per heavy atom. The van der Waals surface area contributed by atoms with E-state index in [1.54, 1.807) is 0 Å². The summed E-state index contributed by atoms with van der Waals surface area (Å²) in [5.74, 6) is 0.177. The summed E-state index contributed by atoms with van der Waals surface area (Å²) in [4.78, 5) is 0. The van der Waals surface area contributed by atoms with Crippen LogP contribution >= 0.6 is 0 Å². The number of nitrogens with two attached hydrogens (primary N) is 1. The van der Waals surface area contributed by atoms with Gasteiger partial charge < -0.3 is 11.1 Å². The van der Waals surface area contributed by atoms with Crippen LogP contribution in [-0.2, 0) is 6.42 Å². The maximum absolute atomic E-state index is 14.3. The van der Waals surface area contributed by atoms with Gasteiger partial charge in [-0.25, -0.2) is 4.39 Å². The van der Waals surface area contributed by atoms with Gasteiger partial charge in [0, 0.05) is 0 Å². The molecule has 17 heavy (non-hydrogen) atoms. The van der Waals surface area contributed by atoms with Gasteiger partial charge in [0.05, 0.1) is 0 Å². The molecular formula is C14H21FN2. The Hall–Kier alpha value is -0.930. The van der Waals surface area contributed by atoms with Crippen molar-refractivity contribution in [1.82, 2.24) is 5.32 Å². The Balaban J connectivity index is 2.00. The maximum Gasteiger partial charge on any atom is 0.128 e. The van der Waals surface area contributed by atoms with Gasteiger partial charge in [0.2, 0.25) is 0 Å². The molecular weight excluding hydrogens is 215 g/mol. The van der Waals surface area contributed by atoms with Crippen LogP contribution in [0.4, 0.5) is 4.39 Å². The van der Waals surface area contributed by atoms with Gasteiger partial charge in [0.25, 0.3) is 0 Å². The molecule has 0 amide bonds. The van der Waals surface area contributed by atoms with Gasteiger partial charge in [-0.1, -0.05) is 24.3 Å². The lowest BCUT2D eigenvalue weighted by Gasteiger charge is -2.26. The van der Waals surface area contributed by atoms with Gasteiger partial charge in [-0.05, 0) is 55.9 Å². The van der Waals surface area contributed by atoms with E-state index in [-0.39, 0.29) is 5.92 Å². The maximum atomic E-state index is 14.3. The standard InChI is InChI=1S/C14H21FN2/c15-14(13-6-9-17-10-7-13)12-3-1-11(2-4-12)5-8-16/h1-4,13-14,17H,5-10,16H2. The summed E-state index contributed by atoms with van der Waals surface area (Å²) in [7, 11) is 0. The Bertz CT molecular complexity index is 331. The minimum Gasteiger partial charge on any atom is -0.330 e. The molecule has 1 aromatic rings. The summed E-state index contributed by atoms with van der Waals surface area (Å²) in [6.07, 6.45) is 1.92. The molecule has 1 aromatic carbocycles. The molecule has 1 aliphatic heterocycles. The SMILES string of the molecule is NCCc1ccc(C(F)C2CCNCC2)cc1. The van der Waals surface area contributed by atoms with Gasteiger partial charge in [0.1, 0.15) is 6.17 Å². The molecule has 1 fully saturated rings. The first-order chi connectivity index (χ1) is 8.31. The van der Waals surface area contributed by atoms with E-state index in [9.17, 15) is 4.39 Å². The highest BCUT2D eigenvalue weighted by molar-refractivity contribution is 5.25. The van der Waals surface area contributed by atoms with Crippen molar-refractivity contribution in [2.24, 2.45) is 11.7 Å². The molecule has 2 rings (SSSR count). The topological polar surface area (TPSA) is 38.0 Å². The van der Waals surface area contributed by atoms with Gasteiger partial charge in [-0.2, -0.15) is 0 Å². The minimum absolute atomic E-state index is 0.177. The highest BCUT2D eigenvalue weighted by Crippen LogP contribution is 2.32. The number of hydrogen-bond donors (Lipinski definition) is 2. The molecule has 3 N–H and O–H groups in total. The van der Waals surface area contributed by atoms with Crippen molar-refractivity contribution in [3.05, 3.63) is 35.4 Å². The summed E-state index contributed by atoms with van der Waals surface area (Å²) in [6.45, 7) is 2.53. The van der Waals surface area contributed by atoms with Gasteiger partial charge >= 0.3 is 0 Å². The quantitative estimate of drug-likeness (QED) is 0.841. The lowest BCUT2D eigenvalue weighted by Crippen LogP contribution is -2.29. The second-order valence-corrected chi connectivity index (χ2v) is 4.77. The fourth-order valence-electron chi connectivity index (χ4n) is 2.44. The van der Waals surface area contributed by atoms with Crippen molar-refractivity contribution in [2.45, 2.75) is 25.4 Å². The van der Waals surface area contributed by atoms with Crippen molar-refractivity contribution in [3.63, 3.8) is 0 Å². The van der Waals surface area contributed by atoms with Crippen LogP contribution in [0.5, 0.6) is 0 Å². The van der Waals surface area contributed by atoms with E-state index in [1.807, 2.05) is 24.3 Å². The molecule has 1 unspecified atom stereocenters. The number of hydrogen-bond acceptors (Lipinski definition) is 2.